The van der Waals surface area contributed by atoms with Crippen molar-refractivity contribution < 1.29 is 47.6 Å². The van der Waals surface area contributed by atoms with Crippen LogP contribution in [0.25, 0.3) is 40.3 Å². The first-order chi connectivity index (χ1) is 33.1. The van der Waals surface area contributed by atoms with Crippen molar-refractivity contribution >= 4 is 110 Å². The molecule has 4 aromatic carbocycles. The summed E-state index contributed by atoms with van der Waals surface area (Å²) in [7, 11) is 0. The average molecular weight is 1010 g/mol. The van der Waals surface area contributed by atoms with E-state index in [2.05, 4.69) is 0 Å². The first kappa shape index (κ1) is 52.1. The molecule has 0 spiro atoms. The number of rotatable bonds is 29. The van der Waals surface area contributed by atoms with Crippen LogP contribution in [0.1, 0.15) is 26.7 Å². The van der Waals surface area contributed by atoms with E-state index in [1.165, 1.54) is 22.7 Å². The lowest BCUT2D eigenvalue weighted by Crippen LogP contribution is -2.37. The highest BCUT2D eigenvalue weighted by Crippen LogP contribution is 2.29. The van der Waals surface area contributed by atoms with E-state index < -0.39 is 0 Å². The second kappa shape index (κ2) is 27.7. The van der Waals surface area contributed by atoms with Gasteiger partial charge < -0.3 is 38.2 Å². The largest absolute Gasteiger partial charge is 0.484 e. The number of esters is 2. The molecule has 2 heterocycles. The minimum absolute atomic E-state index is 0.0683. The van der Waals surface area contributed by atoms with E-state index in [0.29, 0.717) is 84.1 Å². The number of hydrogen-bond donors (Lipinski definition) is 0. The molecule has 0 atom stereocenters. The maximum Gasteiger partial charge on any atom is 0.306 e. The molecule has 18 heteroatoms. The number of benzene rings is 4. The summed E-state index contributed by atoms with van der Waals surface area (Å²) in [5.41, 5.74) is -0.137. The molecule has 0 radical (unpaired) electrons. The van der Waals surface area contributed by atoms with Crippen molar-refractivity contribution in [1.82, 2.24) is 9.80 Å². The molecule has 14 nitrogen and oxygen atoms in total. The van der Waals surface area contributed by atoms with Crippen LogP contribution >= 0.6 is 46.2 Å². The van der Waals surface area contributed by atoms with Crippen LogP contribution in [0.2, 0.25) is 0 Å². The summed E-state index contributed by atoms with van der Waals surface area (Å²) in [6.45, 7) is 6.77. The number of carbonyl (C=O) groups is 4. The molecule has 0 fully saturated rings. The molecule has 6 rings (SSSR count). The number of nitrogens with zero attached hydrogens (tertiary/aromatic N) is 2. The molecule has 0 bridgehead atoms. The molecule has 0 saturated heterocycles. The molecule has 362 valence electrons. The van der Waals surface area contributed by atoms with E-state index in [4.69, 9.17) is 28.4 Å². The second-order valence-electron chi connectivity index (χ2n) is 15.1. The fraction of sp³-hybridized carbons (Fsp3) is 0.400. The van der Waals surface area contributed by atoms with Gasteiger partial charge in [0.15, 0.2) is 24.1 Å². The van der Waals surface area contributed by atoms with Crippen molar-refractivity contribution in [2.75, 3.05) is 102 Å². The Morgan fingerprint density at radius 3 is 1.34 bits per heavy atom. The van der Waals surface area contributed by atoms with Gasteiger partial charge in [0, 0.05) is 76.4 Å². The molecule has 0 N–H and O–H groups in total. The molecule has 2 amide bonds. The summed E-state index contributed by atoms with van der Waals surface area (Å²) in [4.78, 5) is 79.4. The van der Waals surface area contributed by atoms with Crippen molar-refractivity contribution in [2.45, 2.75) is 26.7 Å². The van der Waals surface area contributed by atoms with E-state index >= 15 is 0 Å². The van der Waals surface area contributed by atoms with Gasteiger partial charge in [-0.25, -0.2) is 0 Å². The van der Waals surface area contributed by atoms with Crippen molar-refractivity contribution in [2.24, 2.45) is 0 Å². The highest BCUT2D eigenvalue weighted by atomic mass is 32.2. The molecule has 6 aromatic rings. The summed E-state index contributed by atoms with van der Waals surface area (Å²) in [5, 5.41) is 2.41. The maximum absolute atomic E-state index is 13.0. The molecule has 0 aliphatic carbocycles. The van der Waals surface area contributed by atoms with Gasteiger partial charge in [0.2, 0.25) is 0 Å². The van der Waals surface area contributed by atoms with E-state index in [9.17, 15) is 28.8 Å². The van der Waals surface area contributed by atoms with Gasteiger partial charge in [-0.15, -0.1) is 22.7 Å². The first-order valence-corrected chi connectivity index (χ1v) is 26.4. The smallest absolute Gasteiger partial charge is 0.306 e. The molecule has 68 heavy (non-hydrogen) atoms. The fourth-order valence-electron chi connectivity index (χ4n) is 6.89. The average Bonchev–Trinajstić information content (AvgIpc) is 3.35. The van der Waals surface area contributed by atoms with Crippen LogP contribution in [0.4, 0.5) is 0 Å². The van der Waals surface area contributed by atoms with E-state index in [1.807, 2.05) is 74.5 Å². The number of hydrogen-bond acceptors (Lipinski definition) is 16. The van der Waals surface area contributed by atoms with Gasteiger partial charge in [-0.1, -0.05) is 24.3 Å². The second-order valence-corrected chi connectivity index (χ2v) is 19.7. The number of carbonyl (C=O) groups excluding carboxylic acids is 4. The predicted molar refractivity (Wildman–Crippen MR) is 274 cm³/mol. The lowest BCUT2D eigenvalue weighted by atomic mass is 10.2. The van der Waals surface area contributed by atoms with Crippen LogP contribution in [0.3, 0.4) is 0 Å². The van der Waals surface area contributed by atoms with Gasteiger partial charge in [0.1, 0.15) is 24.7 Å². The van der Waals surface area contributed by atoms with Crippen LogP contribution in [0.5, 0.6) is 11.5 Å². The SMILES string of the molecule is CCN(CCOC(=O)CCSCCOCCOCCSCCC(=O)OCCN(CC)C(=O)COc1ccc2sc3ccccc3c(=O)c2c1)C(=O)COc1ccc2sc3ccccc3c(=O)c2c1. The minimum atomic E-state index is -0.330. The number of ether oxygens (including phenoxy) is 6. The van der Waals surface area contributed by atoms with Gasteiger partial charge in [-0.3, -0.25) is 28.8 Å². The molecular weight excluding hydrogens is 949 g/mol. The zero-order valence-electron chi connectivity index (χ0n) is 38.2. The predicted octanol–water partition coefficient (Wildman–Crippen LogP) is 7.66. The standard InChI is InChI=1S/C50H56N2O12S4/c1-3-51(45(53)33-63-35-13-15-43-39(31-35)49(57)37-9-5-7-11-41(37)67-43)19-21-61-47(55)17-27-65-29-25-59-23-24-60-26-30-66-28-18-48(56)62-22-20-52(4-2)46(54)34-64-36-14-16-44-40(32-36)50(58)38-10-6-8-12-42(38)68-44/h5-16,31-32H,3-4,17-30,33-34H2,1-2H3. The summed E-state index contributed by atoms with van der Waals surface area (Å²) in [6.07, 6.45) is 0.500. The monoisotopic (exact) mass is 1000 g/mol. The van der Waals surface area contributed by atoms with E-state index in [-0.39, 0.29) is 87.0 Å². The number of thioether (sulfide) groups is 2. The molecule has 0 aliphatic heterocycles. The van der Waals surface area contributed by atoms with Crippen LogP contribution in [0.15, 0.2) is 94.5 Å². The Bertz CT molecular complexity index is 2580. The molecule has 2 aromatic heterocycles. The van der Waals surface area contributed by atoms with Gasteiger partial charge in [0.05, 0.1) is 52.4 Å². The zero-order chi connectivity index (χ0) is 48.1. The lowest BCUT2D eigenvalue weighted by Gasteiger charge is -2.21. The Labute approximate surface area is 411 Å². The van der Waals surface area contributed by atoms with Gasteiger partial charge in [0.25, 0.3) is 11.8 Å². The quantitative estimate of drug-likeness (QED) is 0.0256. The Kier molecular flexibility index (Phi) is 21.2. The Morgan fingerprint density at radius 2 is 0.912 bits per heavy atom. The van der Waals surface area contributed by atoms with Gasteiger partial charge in [-0.05, 0) is 74.5 Å². The van der Waals surface area contributed by atoms with Crippen molar-refractivity contribution in [1.29, 1.82) is 0 Å². The summed E-state index contributed by atoms with van der Waals surface area (Å²) in [5.74, 6) is 2.35. The van der Waals surface area contributed by atoms with Crippen LogP contribution < -0.4 is 20.3 Å². The maximum atomic E-state index is 13.0. The third-order valence-corrected chi connectivity index (χ3v) is 14.8. The summed E-state index contributed by atoms with van der Waals surface area (Å²) in [6, 6.07) is 25.5. The number of fused-ring (bicyclic) bond motifs is 4. The first-order valence-electron chi connectivity index (χ1n) is 22.5. The van der Waals surface area contributed by atoms with Crippen molar-refractivity contribution in [3.8, 4) is 11.5 Å². The van der Waals surface area contributed by atoms with Crippen LogP contribution in [0, 0.1) is 0 Å². The van der Waals surface area contributed by atoms with Crippen LogP contribution in [-0.4, -0.2) is 136 Å². The summed E-state index contributed by atoms with van der Waals surface area (Å²) >= 11 is 6.24. The highest BCUT2D eigenvalue weighted by molar-refractivity contribution is 7.99. The zero-order valence-corrected chi connectivity index (χ0v) is 41.5. The molecule has 0 saturated carbocycles. The fourth-order valence-corrected chi connectivity index (χ4v) is 10.5. The normalized spacial score (nSPS) is 11.3. The van der Waals surface area contributed by atoms with Crippen LogP contribution in [-0.2, 0) is 38.1 Å². The third kappa shape index (κ3) is 15.6. The Morgan fingerprint density at radius 1 is 0.500 bits per heavy atom. The molecule has 0 aliphatic rings. The summed E-state index contributed by atoms with van der Waals surface area (Å²) < 4.78 is 37.0. The molecular formula is C50H56N2O12S4. The van der Waals surface area contributed by atoms with E-state index in [0.717, 1.165) is 30.3 Å². The Balaban J connectivity index is 0.713. The van der Waals surface area contributed by atoms with Gasteiger partial charge in [-0.2, -0.15) is 23.5 Å². The van der Waals surface area contributed by atoms with Crippen molar-refractivity contribution in [3.63, 3.8) is 0 Å². The number of amides is 2. The van der Waals surface area contributed by atoms with Crippen molar-refractivity contribution in [3.05, 3.63) is 105 Å². The third-order valence-electron chi connectivity index (χ3n) is 10.6. The lowest BCUT2D eigenvalue weighted by molar-refractivity contribution is -0.146. The Hall–Kier alpha value is -5.24. The number of likely N-dealkylation sites (N-methyl/N-ethyl adjacent to an activating group) is 2. The highest BCUT2D eigenvalue weighted by Gasteiger charge is 2.17. The van der Waals surface area contributed by atoms with E-state index in [1.54, 1.807) is 57.6 Å². The minimum Gasteiger partial charge on any atom is -0.484 e. The van der Waals surface area contributed by atoms with Gasteiger partial charge >= 0.3 is 11.9 Å². The molecule has 0 unspecified atom stereocenters. The topological polar surface area (TPSA) is 164 Å².